The second-order valence-corrected chi connectivity index (χ2v) is 6.89. The minimum Gasteiger partial charge on any atom is -0.268 e. The lowest BCUT2D eigenvalue weighted by atomic mass is 10.2. The van der Waals surface area contributed by atoms with Crippen LogP contribution >= 0.6 is 22.9 Å². The molecule has 0 atom stereocenters. The monoisotopic (exact) mass is 351 g/mol. The van der Waals surface area contributed by atoms with E-state index in [-0.39, 0.29) is 0 Å². The van der Waals surface area contributed by atoms with Crippen LogP contribution in [0.15, 0.2) is 60.9 Å². The molecule has 0 aliphatic heterocycles. The normalized spacial score (nSPS) is 11.5. The molecule has 4 rings (SSSR count). The van der Waals surface area contributed by atoms with Gasteiger partial charge in [0.05, 0.1) is 23.0 Å². The third-order valence-electron chi connectivity index (χ3n) is 3.67. The van der Waals surface area contributed by atoms with Crippen molar-refractivity contribution in [2.24, 2.45) is 0 Å². The fourth-order valence-electron chi connectivity index (χ4n) is 2.48. The lowest BCUT2D eigenvalue weighted by molar-refractivity contribution is 0.687. The van der Waals surface area contributed by atoms with E-state index in [4.69, 9.17) is 11.6 Å². The molecule has 2 aromatic heterocycles. The molecule has 0 amide bonds. The third-order valence-corrected chi connectivity index (χ3v) is 5.04. The molecule has 0 aliphatic rings. The number of aromatic nitrogens is 3. The highest BCUT2D eigenvalue weighted by Crippen LogP contribution is 2.23. The van der Waals surface area contributed by atoms with E-state index in [2.05, 4.69) is 16.1 Å². The SMILES string of the molecule is Clc1ccccc1Cn1cc(/C=C/c2nc3ccccc3s2)cn1. The molecule has 2 heterocycles. The lowest BCUT2D eigenvalue weighted by Gasteiger charge is -2.03. The molecule has 3 nitrogen and oxygen atoms in total. The highest BCUT2D eigenvalue weighted by Gasteiger charge is 2.03. The molecule has 0 unspecified atom stereocenters. The number of thiazole rings is 1. The topological polar surface area (TPSA) is 30.7 Å². The average molecular weight is 352 g/mol. The zero-order valence-electron chi connectivity index (χ0n) is 12.8. The van der Waals surface area contributed by atoms with Crippen LogP contribution in [0.3, 0.4) is 0 Å². The zero-order chi connectivity index (χ0) is 16.4. The number of rotatable bonds is 4. The van der Waals surface area contributed by atoms with E-state index in [0.717, 1.165) is 26.7 Å². The zero-order valence-corrected chi connectivity index (χ0v) is 14.3. The first kappa shape index (κ1) is 15.1. The summed E-state index contributed by atoms with van der Waals surface area (Å²) in [6, 6.07) is 16.0. The van der Waals surface area contributed by atoms with Gasteiger partial charge in [-0.2, -0.15) is 5.10 Å². The number of halogens is 1. The Morgan fingerprint density at radius 2 is 1.88 bits per heavy atom. The van der Waals surface area contributed by atoms with Crippen LogP contribution in [0.25, 0.3) is 22.4 Å². The lowest BCUT2D eigenvalue weighted by Crippen LogP contribution is -2.00. The van der Waals surface area contributed by atoms with Gasteiger partial charge in [0.15, 0.2) is 0 Å². The third kappa shape index (κ3) is 3.25. The van der Waals surface area contributed by atoms with Crippen LogP contribution in [-0.4, -0.2) is 14.8 Å². The van der Waals surface area contributed by atoms with Gasteiger partial charge in [-0.1, -0.05) is 41.9 Å². The quantitative estimate of drug-likeness (QED) is 0.495. The first-order valence-electron chi connectivity index (χ1n) is 7.57. The molecule has 0 spiro atoms. The molecular formula is C19H14ClN3S. The Kier molecular flexibility index (Phi) is 4.15. The minimum atomic E-state index is 0.661. The molecule has 0 N–H and O–H groups in total. The maximum Gasteiger partial charge on any atom is 0.117 e. The highest BCUT2D eigenvalue weighted by atomic mass is 35.5. The fourth-order valence-corrected chi connectivity index (χ4v) is 3.55. The first-order valence-corrected chi connectivity index (χ1v) is 8.77. The van der Waals surface area contributed by atoms with E-state index in [1.165, 1.54) is 4.70 Å². The van der Waals surface area contributed by atoms with Gasteiger partial charge in [0.25, 0.3) is 0 Å². The number of benzene rings is 2. The van der Waals surface area contributed by atoms with Crippen molar-refractivity contribution >= 4 is 45.3 Å². The van der Waals surface area contributed by atoms with E-state index in [0.29, 0.717) is 6.54 Å². The van der Waals surface area contributed by atoms with Crippen LogP contribution in [0, 0.1) is 0 Å². The fraction of sp³-hybridized carbons (Fsp3) is 0.0526. The van der Waals surface area contributed by atoms with Crippen LogP contribution < -0.4 is 0 Å². The summed E-state index contributed by atoms with van der Waals surface area (Å²) in [5, 5.41) is 6.16. The second-order valence-electron chi connectivity index (χ2n) is 5.42. The highest BCUT2D eigenvalue weighted by molar-refractivity contribution is 7.19. The maximum atomic E-state index is 6.20. The Bertz CT molecular complexity index is 983. The summed E-state index contributed by atoms with van der Waals surface area (Å²) >= 11 is 7.88. The van der Waals surface area contributed by atoms with Gasteiger partial charge in [-0.3, -0.25) is 4.68 Å². The second kappa shape index (κ2) is 6.59. The van der Waals surface area contributed by atoms with Gasteiger partial charge in [0.1, 0.15) is 5.01 Å². The predicted octanol–water partition coefficient (Wildman–Crippen LogP) is 5.36. The smallest absolute Gasteiger partial charge is 0.117 e. The van der Waals surface area contributed by atoms with Crippen LogP contribution in [0.1, 0.15) is 16.1 Å². The van der Waals surface area contributed by atoms with E-state index < -0.39 is 0 Å². The summed E-state index contributed by atoms with van der Waals surface area (Å²) in [6.07, 6.45) is 7.92. The Morgan fingerprint density at radius 3 is 2.75 bits per heavy atom. The van der Waals surface area contributed by atoms with Crippen molar-refractivity contribution in [3.63, 3.8) is 0 Å². The van der Waals surface area contributed by atoms with Gasteiger partial charge in [-0.15, -0.1) is 11.3 Å². The van der Waals surface area contributed by atoms with Crippen molar-refractivity contribution in [3.8, 4) is 0 Å². The average Bonchev–Trinajstić information content (AvgIpc) is 3.21. The predicted molar refractivity (Wildman–Crippen MR) is 101 cm³/mol. The molecule has 2 aromatic carbocycles. The number of hydrogen-bond acceptors (Lipinski definition) is 3. The molecular weight excluding hydrogens is 338 g/mol. The molecule has 5 heteroatoms. The molecule has 0 radical (unpaired) electrons. The Labute approximate surface area is 148 Å². The first-order chi connectivity index (χ1) is 11.8. The summed E-state index contributed by atoms with van der Waals surface area (Å²) in [6.45, 7) is 0.661. The summed E-state index contributed by atoms with van der Waals surface area (Å²) in [4.78, 5) is 4.60. The number of nitrogens with zero attached hydrogens (tertiary/aromatic N) is 3. The number of para-hydroxylation sites is 1. The summed E-state index contributed by atoms with van der Waals surface area (Å²) in [5.41, 5.74) is 3.14. The van der Waals surface area contributed by atoms with E-state index in [9.17, 15) is 0 Å². The standard InChI is InChI=1S/C19H14ClN3S/c20-16-6-2-1-5-15(16)13-23-12-14(11-21-23)9-10-19-22-17-7-3-4-8-18(17)24-19/h1-12H,13H2/b10-9+. The van der Waals surface area contributed by atoms with Gasteiger partial charge < -0.3 is 0 Å². The number of fused-ring (bicyclic) bond motifs is 1. The van der Waals surface area contributed by atoms with Crippen LogP contribution in [0.4, 0.5) is 0 Å². The van der Waals surface area contributed by atoms with Crippen molar-refractivity contribution in [1.29, 1.82) is 0 Å². The van der Waals surface area contributed by atoms with Gasteiger partial charge >= 0.3 is 0 Å². The Hall–Kier alpha value is -2.43. The van der Waals surface area contributed by atoms with Crippen LogP contribution in [0.2, 0.25) is 5.02 Å². The molecule has 118 valence electrons. The van der Waals surface area contributed by atoms with E-state index in [1.54, 1.807) is 11.3 Å². The molecule has 0 bridgehead atoms. The summed E-state index contributed by atoms with van der Waals surface area (Å²) in [7, 11) is 0. The van der Waals surface area contributed by atoms with Crippen LogP contribution in [-0.2, 0) is 6.54 Å². The maximum absolute atomic E-state index is 6.20. The van der Waals surface area contributed by atoms with Gasteiger partial charge in [-0.05, 0) is 35.9 Å². The van der Waals surface area contributed by atoms with Crippen LogP contribution in [0.5, 0.6) is 0 Å². The van der Waals surface area contributed by atoms with Crippen molar-refractivity contribution < 1.29 is 0 Å². The van der Waals surface area contributed by atoms with Gasteiger partial charge in [0.2, 0.25) is 0 Å². The van der Waals surface area contributed by atoms with E-state index >= 15 is 0 Å². The number of hydrogen-bond donors (Lipinski definition) is 0. The molecule has 0 aliphatic carbocycles. The molecule has 0 saturated carbocycles. The van der Waals surface area contributed by atoms with Crippen molar-refractivity contribution in [2.45, 2.75) is 6.54 Å². The summed E-state index contributed by atoms with van der Waals surface area (Å²) < 4.78 is 3.09. The minimum absolute atomic E-state index is 0.661. The molecule has 24 heavy (non-hydrogen) atoms. The van der Waals surface area contributed by atoms with Gasteiger partial charge in [-0.25, -0.2) is 4.98 Å². The molecule has 4 aromatic rings. The van der Waals surface area contributed by atoms with Crippen molar-refractivity contribution in [1.82, 2.24) is 14.8 Å². The molecule has 0 saturated heterocycles. The van der Waals surface area contributed by atoms with Crippen molar-refractivity contribution in [3.05, 3.63) is 82.1 Å². The Balaban J connectivity index is 1.51. The molecule has 0 fully saturated rings. The summed E-state index contributed by atoms with van der Waals surface area (Å²) in [5.74, 6) is 0. The largest absolute Gasteiger partial charge is 0.268 e. The van der Waals surface area contributed by atoms with Gasteiger partial charge in [0, 0.05) is 16.8 Å². The Morgan fingerprint density at radius 1 is 1.04 bits per heavy atom. The van der Waals surface area contributed by atoms with Crippen molar-refractivity contribution in [2.75, 3.05) is 0 Å². The van der Waals surface area contributed by atoms with E-state index in [1.807, 2.05) is 71.7 Å².